The first-order valence-corrected chi connectivity index (χ1v) is 9.82. The van der Waals surface area contributed by atoms with E-state index < -0.39 is 11.6 Å². The highest BCUT2D eigenvalue weighted by molar-refractivity contribution is 5.26. The molecule has 0 saturated heterocycles. The Morgan fingerprint density at radius 3 is 2.27 bits per heavy atom. The molecule has 0 bridgehead atoms. The standard InChI is InChI=1S/C23H28F2O/c1-2-17-8-10-18(11-9-17)12-15-23(19-6-4-3-5-7-19)26-20-13-14-21(24)22(25)16-20/h3-7,13-14,16-18,23H,2,8-12,15H2,1H3/t17-,18-,23?. The third kappa shape index (κ3) is 5.06. The zero-order chi connectivity index (χ0) is 18.4. The van der Waals surface area contributed by atoms with E-state index in [9.17, 15) is 8.78 Å². The van der Waals surface area contributed by atoms with E-state index in [2.05, 4.69) is 6.92 Å². The summed E-state index contributed by atoms with van der Waals surface area (Å²) in [7, 11) is 0. The van der Waals surface area contributed by atoms with Crippen LogP contribution in [0.25, 0.3) is 0 Å². The van der Waals surface area contributed by atoms with E-state index in [1.807, 2.05) is 30.3 Å². The average Bonchev–Trinajstić information content (AvgIpc) is 2.69. The van der Waals surface area contributed by atoms with E-state index in [1.165, 1.54) is 38.2 Å². The van der Waals surface area contributed by atoms with Gasteiger partial charge in [-0.2, -0.15) is 0 Å². The van der Waals surface area contributed by atoms with Crippen molar-refractivity contribution in [1.29, 1.82) is 0 Å². The van der Waals surface area contributed by atoms with Crippen LogP contribution in [0.5, 0.6) is 5.75 Å². The monoisotopic (exact) mass is 358 g/mol. The normalized spacial score (nSPS) is 21.3. The van der Waals surface area contributed by atoms with Crippen molar-refractivity contribution in [2.75, 3.05) is 0 Å². The first-order chi connectivity index (χ1) is 12.7. The Morgan fingerprint density at radius 1 is 0.923 bits per heavy atom. The van der Waals surface area contributed by atoms with E-state index in [1.54, 1.807) is 0 Å². The van der Waals surface area contributed by atoms with Gasteiger partial charge in [-0.05, 0) is 42.4 Å². The zero-order valence-corrected chi connectivity index (χ0v) is 15.5. The van der Waals surface area contributed by atoms with E-state index in [0.717, 1.165) is 42.4 Å². The van der Waals surface area contributed by atoms with Crippen molar-refractivity contribution < 1.29 is 13.5 Å². The van der Waals surface area contributed by atoms with Crippen molar-refractivity contribution in [1.82, 2.24) is 0 Å². The van der Waals surface area contributed by atoms with Crippen LogP contribution in [0, 0.1) is 23.5 Å². The Balaban J connectivity index is 1.65. The van der Waals surface area contributed by atoms with Gasteiger partial charge < -0.3 is 4.74 Å². The maximum Gasteiger partial charge on any atom is 0.162 e. The predicted octanol–water partition coefficient (Wildman–Crippen LogP) is 7.08. The van der Waals surface area contributed by atoms with E-state index in [4.69, 9.17) is 4.74 Å². The molecule has 0 aliphatic heterocycles. The molecule has 140 valence electrons. The molecule has 1 fully saturated rings. The first kappa shape index (κ1) is 18.9. The number of hydrogen-bond donors (Lipinski definition) is 0. The second-order valence-electron chi connectivity index (χ2n) is 7.47. The number of hydrogen-bond acceptors (Lipinski definition) is 1. The second kappa shape index (κ2) is 9.16. The van der Waals surface area contributed by atoms with Gasteiger partial charge in [0.15, 0.2) is 11.6 Å². The van der Waals surface area contributed by atoms with Gasteiger partial charge in [0.1, 0.15) is 11.9 Å². The van der Waals surface area contributed by atoms with Crippen molar-refractivity contribution >= 4 is 0 Å². The molecule has 3 heteroatoms. The lowest BCUT2D eigenvalue weighted by Crippen LogP contribution is -2.16. The van der Waals surface area contributed by atoms with Gasteiger partial charge in [0.25, 0.3) is 0 Å². The van der Waals surface area contributed by atoms with Gasteiger partial charge in [-0.3, -0.25) is 0 Å². The highest BCUT2D eigenvalue weighted by Gasteiger charge is 2.22. The van der Waals surface area contributed by atoms with E-state index in [-0.39, 0.29) is 6.10 Å². The van der Waals surface area contributed by atoms with Crippen molar-refractivity contribution in [3.8, 4) is 5.75 Å². The Morgan fingerprint density at radius 2 is 1.62 bits per heavy atom. The first-order valence-electron chi connectivity index (χ1n) is 9.82. The van der Waals surface area contributed by atoms with Crippen molar-refractivity contribution in [3.05, 3.63) is 65.7 Å². The van der Waals surface area contributed by atoms with Gasteiger partial charge in [0.05, 0.1) is 0 Å². The van der Waals surface area contributed by atoms with Gasteiger partial charge in [-0.15, -0.1) is 0 Å². The summed E-state index contributed by atoms with van der Waals surface area (Å²) in [5.41, 5.74) is 1.08. The minimum absolute atomic E-state index is 0.134. The van der Waals surface area contributed by atoms with Crippen LogP contribution >= 0.6 is 0 Å². The molecule has 2 aromatic carbocycles. The molecule has 0 radical (unpaired) electrons. The maximum absolute atomic E-state index is 13.5. The average molecular weight is 358 g/mol. The fraction of sp³-hybridized carbons (Fsp3) is 0.478. The van der Waals surface area contributed by atoms with Crippen LogP contribution in [0.2, 0.25) is 0 Å². The lowest BCUT2D eigenvalue weighted by atomic mass is 9.78. The lowest BCUT2D eigenvalue weighted by Gasteiger charge is -2.29. The molecular formula is C23H28F2O. The third-order valence-corrected chi connectivity index (χ3v) is 5.72. The second-order valence-corrected chi connectivity index (χ2v) is 7.47. The summed E-state index contributed by atoms with van der Waals surface area (Å²) in [6.45, 7) is 2.28. The maximum atomic E-state index is 13.5. The van der Waals surface area contributed by atoms with Gasteiger partial charge in [-0.1, -0.05) is 69.4 Å². The summed E-state index contributed by atoms with van der Waals surface area (Å²) in [5, 5.41) is 0. The van der Waals surface area contributed by atoms with Crippen LogP contribution in [0.4, 0.5) is 8.78 Å². The van der Waals surface area contributed by atoms with Crippen LogP contribution in [-0.4, -0.2) is 0 Å². The smallest absolute Gasteiger partial charge is 0.162 e. The Hall–Kier alpha value is -1.90. The van der Waals surface area contributed by atoms with Gasteiger partial charge in [0, 0.05) is 6.07 Å². The molecule has 0 spiro atoms. The fourth-order valence-electron chi connectivity index (χ4n) is 3.99. The van der Waals surface area contributed by atoms with Crippen LogP contribution in [0.1, 0.15) is 63.5 Å². The molecule has 0 amide bonds. The lowest BCUT2D eigenvalue weighted by molar-refractivity contribution is 0.168. The summed E-state index contributed by atoms with van der Waals surface area (Å²) in [6, 6.07) is 13.8. The molecule has 1 aliphatic rings. The quantitative estimate of drug-likeness (QED) is 0.514. The molecule has 1 aliphatic carbocycles. The molecule has 1 unspecified atom stereocenters. The Kier molecular flexibility index (Phi) is 6.65. The molecular weight excluding hydrogens is 330 g/mol. The molecule has 26 heavy (non-hydrogen) atoms. The fourth-order valence-corrected chi connectivity index (χ4v) is 3.99. The molecule has 0 N–H and O–H groups in total. The minimum atomic E-state index is -0.868. The predicted molar refractivity (Wildman–Crippen MR) is 101 cm³/mol. The molecule has 1 atom stereocenters. The van der Waals surface area contributed by atoms with Gasteiger partial charge in [0.2, 0.25) is 0 Å². The van der Waals surface area contributed by atoms with Crippen LogP contribution in [0.3, 0.4) is 0 Å². The zero-order valence-electron chi connectivity index (χ0n) is 15.5. The van der Waals surface area contributed by atoms with E-state index in [0.29, 0.717) is 5.75 Å². The number of benzene rings is 2. The minimum Gasteiger partial charge on any atom is -0.486 e. The topological polar surface area (TPSA) is 9.23 Å². The Labute approximate surface area is 155 Å². The summed E-state index contributed by atoms with van der Waals surface area (Å²) in [6.07, 6.45) is 8.42. The molecule has 2 aromatic rings. The molecule has 0 aromatic heterocycles. The Bertz CT molecular complexity index is 678. The van der Waals surface area contributed by atoms with Gasteiger partial charge in [-0.25, -0.2) is 8.78 Å². The summed E-state index contributed by atoms with van der Waals surface area (Å²) >= 11 is 0. The molecule has 1 saturated carbocycles. The number of rotatable bonds is 7. The largest absolute Gasteiger partial charge is 0.486 e. The number of halogens is 2. The highest BCUT2D eigenvalue weighted by atomic mass is 19.2. The van der Waals surface area contributed by atoms with Crippen molar-refractivity contribution in [2.24, 2.45) is 11.8 Å². The highest BCUT2D eigenvalue weighted by Crippen LogP contribution is 2.36. The molecule has 0 heterocycles. The number of ether oxygens (including phenoxy) is 1. The van der Waals surface area contributed by atoms with Crippen molar-refractivity contribution in [3.63, 3.8) is 0 Å². The third-order valence-electron chi connectivity index (χ3n) is 5.72. The van der Waals surface area contributed by atoms with Crippen molar-refractivity contribution in [2.45, 2.75) is 58.0 Å². The van der Waals surface area contributed by atoms with Crippen LogP contribution < -0.4 is 4.74 Å². The van der Waals surface area contributed by atoms with E-state index >= 15 is 0 Å². The summed E-state index contributed by atoms with van der Waals surface area (Å²) in [5.74, 6) is 0.313. The molecule has 3 rings (SSSR count). The van der Waals surface area contributed by atoms with Crippen LogP contribution in [0.15, 0.2) is 48.5 Å². The summed E-state index contributed by atoms with van der Waals surface area (Å²) < 4.78 is 32.8. The summed E-state index contributed by atoms with van der Waals surface area (Å²) in [4.78, 5) is 0. The van der Waals surface area contributed by atoms with Gasteiger partial charge >= 0.3 is 0 Å². The SMILES string of the molecule is CC[C@H]1CC[C@H](CCC(Oc2ccc(F)c(F)c2)c2ccccc2)CC1. The molecule has 1 nitrogen and oxygen atoms in total. The van der Waals surface area contributed by atoms with Crippen LogP contribution in [-0.2, 0) is 0 Å².